The summed E-state index contributed by atoms with van der Waals surface area (Å²) in [4.78, 5) is 5.62. The quantitative estimate of drug-likeness (QED) is 0.532. The minimum Gasteiger partial charge on any atom is -0.249 e. The van der Waals surface area contributed by atoms with Gasteiger partial charge in [-0.05, 0) is 12.5 Å². The van der Waals surface area contributed by atoms with Gasteiger partial charge in [-0.15, -0.1) is 37.9 Å². The van der Waals surface area contributed by atoms with Crippen LogP contribution in [0.15, 0.2) is 21.0 Å². The average molecular weight is 189 g/mol. The molecule has 0 aliphatic carbocycles. The van der Waals surface area contributed by atoms with Crippen LogP contribution in [0.1, 0.15) is 5.56 Å². The molecule has 0 bridgehead atoms. The molecule has 0 saturated carbocycles. The van der Waals surface area contributed by atoms with Crippen LogP contribution in [0.2, 0.25) is 0 Å². The van der Waals surface area contributed by atoms with Crippen LogP contribution in [0.3, 0.4) is 0 Å². The zero-order valence-corrected chi connectivity index (χ0v) is 8.05. The molecule has 0 saturated heterocycles. The number of pyridine rings is 1. The highest BCUT2D eigenvalue weighted by Crippen LogP contribution is 2.24. The van der Waals surface area contributed by atoms with E-state index in [1.807, 2.05) is 6.92 Å². The smallest absolute Gasteiger partial charge is 0.0970 e. The maximum absolute atomic E-state index is 4.22. The average Bonchev–Trinajstić information content (AvgIpc) is 1.93. The van der Waals surface area contributed by atoms with Gasteiger partial charge in [0.2, 0.25) is 0 Å². The van der Waals surface area contributed by atoms with E-state index in [0.29, 0.717) is 5.03 Å². The molecular weight excluding hydrogens is 182 g/mol. The number of aromatic nitrogens is 1. The Labute approximate surface area is 76.5 Å². The Bertz CT molecular complexity index is 232. The minimum atomic E-state index is 0.711. The molecule has 1 nitrogen and oxygen atoms in total. The lowest BCUT2D eigenvalue weighted by atomic mass is 10.3. The Morgan fingerprint density at radius 3 is 2.40 bits per heavy atom. The van der Waals surface area contributed by atoms with Gasteiger partial charge in [0.1, 0.15) is 0 Å². The Hall–Kier alpha value is 0.200. The summed E-state index contributed by atoms with van der Waals surface area (Å²) in [6.07, 6.45) is 1.64. The van der Waals surface area contributed by atoms with Crippen LogP contribution in [-0.2, 0) is 0 Å². The van der Waals surface area contributed by atoms with E-state index in [2.05, 4.69) is 42.9 Å². The summed E-state index contributed by atoms with van der Waals surface area (Å²) in [5, 5.41) is 0.711. The van der Waals surface area contributed by atoms with Gasteiger partial charge in [0.05, 0.1) is 5.03 Å². The number of hydrogen-bond donors (Lipinski definition) is 3. The highest BCUT2D eigenvalue weighted by Gasteiger charge is 2.01. The molecule has 0 amide bonds. The molecular formula is C6H7NS3. The van der Waals surface area contributed by atoms with Gasteiger partial charge in [0.25, 0.3) is 0 Å². The second-order valence-electron chi connectivity index (χ2n) is 1.94. The van der Waals surface area contributed by atoms with Crippen molar-refractivity contribution in [3.63, 3.8) is 0 Å². The molecule has 10 heavy (non-hydrogen) atoms. The van der Waals surface area contributed by atoms with Crippen molar-refractivity contribution in [2.24, 2.45) is 0 Å². The van der Waals surface area contributed by atoms with E-state index in [1.165, 1.54) is 0 Å². The first kappa shape index (κ1) is 8.30. The van der Waals surface area contributed by atoms with Crippen LogP contribution in [-0.4, -0.2) is 4.98 Å². The molecule has 0 aromatic carbocycles. The second kappa shape index (κ2) is 3.07. The molecule has 0 fully saturated rings. The molecule has 0 spiro atoms. The van der Waals surface area contributed by atoms with E-state index in [1.54, 1.807) is 6.20 Å². The molecule has 0 atom stereocenters. The highest BCUT2D eigenvalue weighted by atomic mass is 32.1. The van der Waals surface area contributed by atoms with Crippen LogP contribution < -0.4 is 0 Å². The number of rotatable bonds is 0. The zero-order valence-electron chi connectivity index (χ0n) is 5.37. The lowest BCUT2D eigenvalue weighted by Gasteiger charge is -2.02. The molecule has 1 aromatic rings. The van der Waals surface area contributed by atoms with Crippen molar-refractivity contribution in [3.8, 4) is 0 Å². The van der Waals surface area contributed by atoms with Crippen LogP contribution in [0.4, 0.5) is 0 Å². The van der Waals surface area contributed by atoms with Crippen molar-refractivity contribution in [3.05, 3.63) is 11.8 Å². The standard InChI is InChI=1S/C6H7NS3/c1-3-5(9)4(8)2-7-6(3)10/h2,8H,1H3,(H2,7,9,10). The zero-order chi connectivity index (χ0) is 7.72. The van der Waals surface area contributed by atoms with Gasteiger partial charge in [-0.3, -0.25) is 0 Å². The van der Waals surface area contributed by atoms with E-state index in [-0.39, 0.29) is 0 Å². The van der Waals surface area contributed by atoms with Crippen LogP contribution >= 0.6 is 37.9 Å². The van der Waals surface area contributed by atoms with Gasteiger partial charge in [-0.25, -0.2) is 4.98 Å². The number of hydrogen-bond acceptors (Lipinski definition) is 4. The summed E-state index contributed by atoms with van der Waals surface area (Å²) in [7, 11) is 0. The van der Waals surface area contributed by atoms with Crippen LogP contribution in [0.25, 0.3) is 0 Å². The van der Waals surface area contributed by atoms with Crippen molar-refractivity contribution >= 4 is 37.9 Å². The highest BCUT2D eigenvalue weighted by molar-refractivity contribution is 7.83. The van der Waals surface area contributed by atoms with E-state index in [9.17, 15) is 0 Å². The Balaban J connectivity index is 3.34. The minimum absolute atomic E-state index is 0.711. The van der Waals surface area contributed by atoms with Crippen LogP contribution in [0, 0.1) is 6.92 Å². The van der Waals surface area contributed by atoms with Crippen molar-refractivity contribution in [2.75, 3.05) is 0 Å². The third-order valence-corrected chi connectivity index (χ3v) is 2.79. The summed E-state index contributed by atoms with van der Waals surface area (Å²) >= 11 is 12.5. The molecule has 0 aliphatic rings. The molecule has 4 heteroatoms. The predicted octanol–water partition coefficient (Wildman–Crippen LogP) is 2.26. The first-order valence-electron chi connectivity index (χ1n) is 2.69. The van der Waals surface area contributed by atoms with Gasteiger partial charge in [-0.1, -0.05) is 0 Å². The summed E-state index contributed by atoms with van der Waals surface area (Å²) in [6, 6.07) is 0. The second-order valence-corrected chi connectivity index (χ2v) is 3.29. The fourth-order valence-corrected chi connectivity index (χ4v) is 1.23. The molecule has 54 valence electrons. The molecule has 0 radical (unpaired) electrons. The fourth-order valence-electron chi connectivity index (χ4n) is 0.578. The Morgan fingerprint density at radius 2 is 1.90 bits per heavy atom. The molecule has 0 aliphatic heterocycles. The normalized spacial score (nSPS) is 10.0. The van der Waals surface area contributed by atoms with E-state index in [0.717, 1.165) is 15.4 Å². The summed E-state index contributed by atoms with van der Waals surface area (Å²) in [6.45, 7) is 1.91. The van der Waals surface area contributed by atoms with Gasteiger partial charge < -0.3 is 0 Å². The number of nitrogens with zero attached hydrogens (tertiary/aromatic N) is 1. The van der Waals surface area contributed by atoms with Gasteiger partial charge >= 0.3 is 0 Å². The third-order valence-electron chi connectivity index (χ3n) is 1.24. The number of thiol groups is 3. The summed E-state index contributed by atoms with van der Waals surface area (Å²) in [5.41, 5.74) is 0.971. The molecule has 1 heterocycles. The Kier molecular flexibility index (Phi) is 2.55. The van der Waals surface area contributed by atoms with E-state index in [4.69, 9.17) is 0 Å². The SMILES string of the molecule is Cc1c(S)ncc(S)c1S. The first-order valence-corrected chi connectivity index (χ1v) is 4.03. The van der Waals surface area contributed by atoms with Gasteiger partial charge in [0.15, 0.2) is 0 Å². The molecule has 1 aromatic heterocycles. The summed E-state index contributed by atoms with van der Waals surface area (Å²) in [5.74, 6) is 0. The topological polar surface area (TPSA) is 12.9 Å². The van der Waals surface area contributed by atoms with Gasteiger partial charge in [-0.2, -0.15) is 0 Å². The maximum Gasteiger partial charge on any atom is 0.0970 e. The lowest BCUT2D eigenvalue weighted by molar-refractivity contribution is 0.975. The first-order chi connectivity index (χ1) is 4.63. The molecule has 1 rings (SSSR count). The van der Waals surface area contributed by atoms with Crippen molar-refractivity contribution in [1.29, 1.82) is 0 Å². The monoisotopic (exact) mass is 189 g/mol. The third kappa shape index (κ3) is 1.44. The van der Waals surface area contributed by atoms with Crippen molar-refractivity contribution in [2.45, 2.75) is 21.7 Å². The maximum atomic E-state index is 4.22. The van der Waals surface area contributed by atoms with Crippen molar-refractivity contribution in [1.82, 2.24) is 4.98 Å². The van der Waals surface area contributed by atoms with Crippen LogP contribution in [0.5, 0.6) is 0 Å². The molecule has 0 N–H and O–H groups in total. The van der Waals surface area contributed by atoms with Gasteiger partial charge in [0, 0.05) is 16.0 Å². The lowest BCUT2D eigenvalue weighted by Crippen LogP contribution is -1.85. The summed E-state index contributed by atoms with van der Waals surface area (Å²) < 4.78 is 0. The van der Waals surface area contributed by atoms with E-state index >= 15 is 0 Å². The largest absolute Gasteiger partial charge is 0.249 e. The molecule has 0 unspecified atom stereocenters. The predicted molar refractivity (Wildman–Crippen MR) is 50.7 cm³/mol. The van der Waals surface area contributed by atoms with Crippen molar-refractivity contribution < 1.29 is 0 Å². The van der Waals surface area contributed by atoms with E-state index < -0.39 is 0 Å². The fraction of sp³-hybridized carbons (Fsp3) is 0.167. The Morgan fingerprint density at radius 1 is 1.30 bits per heavy atom.